The van der Waals surface area contributed by atoms with E-state index < -0.39 is 23.5 Å². The first-order valence-corrected chi connectivity index (χ1v) is 10.8. The Bertz CT molecular complexity index is 930. The summed E-state index contributed by atoms with van der Waals surface area (Å²) in [6.45, 7) is -0.0552. The summed E-state index contributed by atoms with van der Waals surface area (Å²) < 4.78 is 76.9. The molecule has 2 N–H and O–H groups in total. The predicted molar refractivity (Wildman–Crippen MR) is 112 cm³/mol. The highest BCUT2D eigenvalue weighted by Gasteiger charge is 2.32. The van der Waals surface area contributed by atoms with E-state index in [4.69, 9.17) is 0 Å². The average molecular weight is 486 g/mol. The fraction of sp³-hybridized carbons (Fsp3) is 0.417. The molecule has 10 heteroatoms. The number of alkyl halides is 6. The lowest BCUT2D eigenvalue weighted by atomic mass is 9.81. The molecule has 1 aliphatic carbocycles. The quantitative estimate of drug-likeness (QED) is 0.533. The number of hydrogen-bond acceptors (Lipinski definition) is 2. The van der Waals surface area contributed by atoms with Gasteiger partial charge in [0, 0.05) is 24.9 Å². The van der Waals surface area contributed by atoms with Crippen molar-refractivity contribution < 1.29 is 35.9 Å². The first-order valence-electron chi connectivity index (χ1n) is 10.8. The second-order valence-corrected chi connectivity index (χ2v) is 8.38. The molecule has 0 aromatic heterocycles. The van der Waals surface area contributed by atoms with E-state index in [1.54, 1.807) is 0 Å². The minimum absolute atomic E-state index is 0.0276. The Labute approximate surface area is 192 Å². The summed E-state index contributed by atoms with van der Waals surface area (Å²) in [5.74, 6) is -1.25. The molecule has 1 saturated carbocycles. The van der Waals surface area contributed by atoms with Gasteiger partial charge >= 0.3 is 12.4 Å². The maximum absolute atomic E-state index is 12.8. The van der Waals surface area contributed by atoms with Gasteiger partial charge in [-0.1, -0.05) is 24.3 Å². The van der Waals surface area contributed by atoms with Crippen LogP contribution >= 0.6 is 0 Å². The van der Waals surface area contributed by atoms with E-state index in [1.165, 1.54) is 24.3 Å². The van der Waals surface area contributed by atoms with E-state index in [1.807, 2.05) is 0 Å². The monoisotopic (exact) mass is 486 g/mol. The van der Waals surface area contributed by atoms with E-state index in [2.05, 4.69) is 10.6 Å². The van der Waals surface area contributed by atoms with Gasteiger partial charge in [0.2, 0.25) is 11.8 Å². The summed E-state index contributed by atoms with van der Waals surface area (Å²) in [7, 11) is 0. The molecule has 2 amide bonds. The van der Waals surface area contributed by atoms with Crippen LogP contribution in [0.2, 0.25) is 0 Å². The van der Waals surface area contributed by atoms with Gasteiger partial charge in [0.05, 0.1) is 11.1 Å². The summed E-state index contributed by atoms with van der Waals surface area (Å²) in [4.78, 5) is 24.9. The summed E-state index contributed by atoms with van der Waals surface area (Å²) in [6.07, 6.45) is -7.15. The standard InChI is InChI=1S/C24H24F6N2O2/c25-23(26,27)19-5-1-3-15(11-19)13-31-21(33)17-7-9-18(10-8-17)22(34)32-14-16-4-2-6-20(12-16)24(28,29)30/h1-6,11-12,17-18H,7-10,13-14H2,(H,31,33)(H,32,34). The van der Waals surface area contributed by atoms with Crippen LogP contribution in [-0.2, 0) is 35.0 Å². The Kier molecular flexibility index (Phi) is 7.89. The Morgan fingerprint density at radius 2 is 1.03 bits per heavy atom. The van der Waals surface area contributed by atoms with E-state index in [0.29, 0.717) is 36.8 Å². The number of carbonyl (C=O) groups is 2. The highest BCUT2D eigenvalue weighted by atomic mass is 19.4. The molecule has 0 aliphatic heterocycles. The maximum Gasteiger partial charge on any atom is 0.416 e. The zero-order chi connectivity index (χ0) is 24.9. The van der Waals surface area contributed by atoms with Gasteiger partial charge in [-0.3, -0.25) is 9.59 Å². The molecular formula is C24H24F6N2O2. The summed E-state index contributed by atoms with van der Waals surface area (Å²) >= 11 is 0. The molecule has 0 bridgehead atoms. The van der Waals surface area contributed by atoms with Crippen LogP contribution < -0.4 is 10.6 Å². The molecule has 184 valence electrons. The molecule has 3 rings (SSSR count). The van der Waals surface area contributed by atoms with Crippen LogP contribution in [-0.4, -0.2) is 11.8 Å². The van der Waals surface area contributed by atoms with Crippen LogP contribution in [0, 0.1) is 11.8 Å². The zero-order valence-corrected chi connectivity index (χ0v) is 18.1. The van der Waals surface area contributed by atoms with Crippen LogP contribution in [0.3, 0.4) is 0 Å². The lowest BCUT2D eigenvalue weighted by molar-refractivity contribution is -0.138. The topological polar surface area (TPSA) is 58.2 Å². The summed E-state index contributed by atoms with van der Waals surface area (Å²) in [6, 6.07) is 9.48. The molecular weight excluding hydrogens is 462 g/mol. The van der Waals surface area contributed by atoms with Crippen molar-refractivity contribution >= 4 is 11.8 Å². The number of rotatable bonds is 6. The minimum atomic E-state index is -4.46. The van der Waals surface area contributed by atoms with Crippen LogP contribution in [0.5, 0.6) is 0 Å². The number of halogens is 6. The van der Waals surface area contributed by atoms with Crippen molar-refractivity contribution in [3.63, 3.8) is 0 Å². The van der Waals surface area contributed by atoms with E-state index in [-0.39, 0.29) is 36.7 Å². The number of hydrogen-bond donors (Lipinski definition) is 2. The van der Waals surface area contributed by atoms with Crippen molar-refractivity contribution in [3.8, 4) is 0 Å². The maximum atomic E-state index is 12.8. The molecule has 0 atom stereocenters. The number of nitrogens with one attached hydrogen (secondary N) is 2. The van der Waals surface area contributed by atoms with Gasteiger partial charge in [-0.15, -0.1) is 0 Å². The summed E-state index contributed by atoms with van der Waals surface area (Å²) in [5.41, 5.74) is -0.886. The van der Waals surface area contributed by atoms with Crippen LogP contribution in [0.25, 0.3) is 0 Å². The highest BCUT2D eigenvalue weighted by Crippen LogP contribution is 2.31. The van der Waals surface area contributed by atoms with Gasteiger partial charge in [0.15, 0.2) is 0 Å². The Morgan fingerprint density at radius 3 is 1.35 bits per heavy atom. The van der Waals surface area contributed by atoms with E-state index in [0.717, 1.165) is 24.3 Å². The van der Waals surface area contributed by atoms with E-state index in [9.17, 15) is 35.9 Å². The Balaban J connectivity index is 1.44. The van der Waals surface area contributed by atoms with Crippen molar-refractivity contribution in [1.29, 1.82) is 0 Å². The lowest BCUT2D eigenvalue weighted by Gasteiger charge is -2.27. The first kappa shape index (κ1) is 25.6. The zero-order valence-electron chi connectivity index (χ0n) is 18.1. The van der Waals surface area contributed by atoms with Gasteiger partial charge in [-0.2, -0.15) is 26.3 Å². The molecule has 0 heterocycles. The first-order chi connectivity index (χ1) is 15.9. The molecule has 2 aromatic rings. The lowest BCUT2D eigenvalue weighted by Crippen LogP contribution is -2.37. The van der Waals surface area contributed by atoms with Crippen molar-refractivity contribution in [3.05, 3.63) is 70.8 Å². The van der Waals surface area contributed by atoms with Crippen molar-refractivity contribution in [1.82, 2.24) is 10.6 Å². The average Bonchev–Trinajstić information content (AvgIpc) is 2.80. The Morgan fingerprint density at radius 1 is 0.676 bits per heavy atom. The smallest absolute Gasteiger partial charge is 0.352 e. The Hall–Kier alpha value is -3.04. The second-order valence-electron chi connectivity index (χ2n) is 8.38. The van der Waals surface area contributed by atoms with Crippen molar-refractivity contribution in [2.75, 3.05) is 0 Å². The highest BCUT2D eigenvalue weighted by molar-refractivity contribution is 5.81. The molecule has 0 spiro atoms. The molecule has 34 heavy (non-hydrogen) atoms. The fourth-order valence-electron chi connectivity index (χ4n) is 4.00. The minimum Gasteiger partial charge on any atom is -0.352 e. The van der Waals surface area contributed by atoms with Crippen molar-refractivity contribution in [2.45, 2.75) is 51.1 Å². The fourth-order valence-corrected chi connectivity index (χ4v) is 4.00. The predicted octanol–water partition coefficient (Wildman–Crippen LogP) is 5.46. The van der Waals surface area contributed by atoms with Crippen LogP contribution in [0.15, 0.2) is 48.5 Å². The molecule has 2 aromatic carbocycles. The molecule has 0 unspecified atom stereocenters. The number of carbonyl (C=O) groups excluding carboxylic acids is 2. The third-order valence-electron chi connectivity index (χ3n) is 5.91. The van der Waals surface area contributed by atoms with Crippen LogP contribution in [0.1, 0.15) is 47.9 Å². The van der Waals surface area contributed by atoms with Crippen molar-refractivity contribution in [2.24, 2.45) is 11.8 Å². The number of amides is 2. The van der Waals surface area contributed by atoms with Gasteiger partial charge in [0.25, 0.3) is 0 Å². The van der Waals surface area contributed by atoms with Crippen LogP contribution in [0.4, 0.5) is 26.3 Å². The van der Waals surface area contributed by atoms with Gasteiger partial charge in [-0.05, 0) is 61.1 Å². The van der Waals surface area contributed by atoms with Gasteiger partial charge < -0.3 is 10.6 Å². The normalized spacial score (nSPS) is 18.9. The SMILES string of the molecule is O=C(NCc1cccc(C(F)(F)F)c1)C1CCC(C(=O)NCc2cccc(C(F)(F)F)c2)CC1. The summed E-state index contributed by atoms with van der Waals surface area (Å²) in [5, 5.41) is 5.31. The third-order valence-corrected chi connectivity index (χ3v) is 5.91. The van der Waals surface area contributed by atoms with E-state index >= 15 is 0 Å². The second kappa shape index (κ2) is 10.5. The molecule has 4 nitrogen and oxygen atoms in total. The molecule has 1 aliphatic rings. The molecule has 0 saturated heterocycles. The third kappa shape index (κ3) is 6.98. The largest absolute Gasteiger partial charge is 0.416 e. The molecule has 1 fully saturated rings. The van der Waals surface area contributed by atoms with Gasteiger partial charge in [0.1, 0.15) is 0 Å². The molecule has 0 radical (unpaired) electrons. The van der Waals surface area contributed by atoms with Gasteiger partial charge in [-0.25, -0.2) is 0 Å². The number of benzene rings is 2.